The van der Waals surface area contributed by atoms with Crippen molar-refractivity contribution >= 4 is 24.2 Å². The van der Waals surface area contributed by atoms with Crippen molar-refractivity contribution in [2.24, 2.45) is 11.8 Å². The predicted molar refractivity (Wildman–Crippen MR) is 144 cm³/mol. The first kappa shape index (κ1) is 30.3. The molecule has 38 heavy (non-hydrogen) atoms. The Bertz CT molecular complexity index is 1040. The van der Waals surface area contributed by atoms with Gasteiger partial charge in [-0.3, -0.25) is 9.59 Å². The zero-order valence-electron chi connectivity index (χ0n) is 22.5. The van der Waals surface area contributed by atoms with E-state index < -0.39 is 36.0 Å². The van der Waals surface area contributed by atoms with Gasteiger partial charge in [-0.25, -0.2) is 4.79 Å². The van der Waals surface area contributed by atoms with E-state index in [1.165, 1.54) is 12.1 Å². The summed E-state index contributed by atoms with van der Waals surface area (Å²) in [7, 11) is 0. The molecule has 0 saturated carbocycles. The molecule has 4 N–H and O–H groups in total. The number of carbonyl (C=O) groups excluding carboxylic acids is 4. The number of ether oxygens (including phenoxy) is 1. The van der Waals surface area contributed by atoms with E-state index in [1.807, 2.05) is 58.0 Å². The summed E-state index contributed by atoms with van der Waals surface area (Å²) in [5, 5.41) is 17.7. The Balaban J connectivity index is 2.16. The predicted octanol–water partition coefficient (Wildman–Crippen LogP) is 3.49. The van der Waals surface area contributed by atoms with E-state index in [4.69, 9.17) is 4.74 Å². The van der Waals surface area contributed by atoms with Crippen molar-refractivity contribution in [3.05, 3.63) is 65.7 Å². The lowest BCUT2D eigenvalue weighted by Gasteiger charge is -2.25. The number of phenolic OH excluding ortho intramolecular Hbond substituents is 1. The first-order chi connectivity index (χ1) is 18.1. The molecule has 0 aliphatic rings. The fourth-order valence-corrected chi connectivity index (χ4v) is 3.90. The molecule has 2 aromatic carbocycles. The molecule has 2 aromatic rings. The Morgan fingerprint density at radius 1 is 0.789 bits per heavy atom. The fraction of sp³-hybridized carbons (Fsp3) is 0.448. The number of hydrogen-bond donors (Lipinski definition) is 4. The van der Waals surface area contributed by atoms with Crippen molar-refractivity contribution in [3.63, 3.8) is 0 Å². The zero-order chi connectivity index (χ0) is 28.1. The molecule has 0 bridgehead atoms. The second kappa shape index (κ2) is 15.4. The second-order valence-corrected chi connectivity index (χ2v) is 10.2. The van der Waals surface area contributed by atoms with Crippen LogP contribution in [0.25, 0.3) is 0 Å². The summed E-state index contributed by atoms with van der Waals surface area (Å²) in [6.07, 6.45) is 0.845. The normalized spacial score (nSPS) is 13.3. The van der Waals surface area contributed by atoms with Crippen molar-refractivity contribution < 1.29 is 29.0 Å². The number of rotatable bonds is 14. The maximum atomic E-state index is 13.4. The number of phenols is 1. The van der Waals surface area contributed by atoms with Gasteiger partial charge in [0, 0.05) is 6.42 Å². The summed E-state index contributed by atoms with van der Waals surface area (Å²) < 4.78 is 5.30. The Morgan fingerprint density at radius 3 is 1.97 bits per heavy atom. The van der Waals surface area contributed by atoms with Crippen LogP contribution in [0.2, 0.25) is 0 Å². The van der Waals surface area contributed by atoms with Gasteiger partial charge in [0.1, 0.15) is 30.7 Å². The minimum absolute atomic E-state index is 0.0293. The summed E-state index contributed by atoms with van der Waals surface area (Å²) in [6, 6.07) is 12.8. The van der Waals surface area contributed by atoms with Gasteiger partial charge < -0.3 is 30.6 Å². The van der Waals surface area contributed by atoms with E-state index in [9.17, 15) is 24.3 Å². The SMILES string of the molecule is CC(C)C[C@H](C=O)NC(=O)[C@@H](CC(C)C)NC(=O)[C@H](Cc1ccc(O)cc1)NC(=O)OCc1ccccc1. The van der Waals surface area contributed by atoms with E-state index in [1.54, 1.807) is 12.1 Å². The van der Waals surface area contributed by atoms with Crippen LogP contribution in [-0.4, -0.2) is 47.4 Å². The van der Waals surface area contributed by atoms with Crippen LogP contribution in [0, 0.1) is 11.8 Å². The molecule has 2 rings (SSSR count). The molecule has 0 heterocycles. The average molecular weight is 526 g/mol. The molecule has 0 aliphatic heterocycles. The minimum atomic E-state index is -1.05. The standard InChI is InChI=1S/C29H39N3O6/c1-19(2)14-23(17-33)30-27(35)25(15-20(3)4)31-28(36)26(16-21-10-12-24(34)13-11-21)32-29(37)38-18-22-8-6-5-7-9-22/h5-13,17,19-20,23,25-26,34H,14-16,18H2,1-4H3,(H,30,35)(H,31,36)(H,32,37)/t23-,25-,26+/m1/s1. The monoisotopic (exact) mass is 525 g/mol. The van der Waals surface area contributed by atoms with Gasteiger partial charge in [0.25, 0.3) is 0 Å². The molecular formula is C29H39N3O6. The lowest BCUT2D eigenvalue weighted by atomic mass is 10.00. The first-order valence-corrected chi connectivity index (χ1v) is 12.9. The fourth-order valence-electron chi connectivity index (χ4n) is 3.90. The third-order valence-electron chi connectivity index (χ3n) is 5.75. The molecule has 9 nitrogen and oxygen atoms in total. The van der Waals surface area contributed by atoms with Crippen molar-refractivity contribution in [2.45, 2.75) is 71.7 Å². The number of amides is 3. The van der Waals surface area contributed by atoms with Crippen LogP contribution in [0.1, 0.15) is 51.7 Å². The molecule has 0 unspecified atom stereocenters. The first-order valence-electron chi connectivity index (χ1n) is 12.9. The van der Waals surface area contributed by atoms with Gasteiger partial charge in [-0.2, -0.15) is 0 Å². The van der Waals surface area contributed by atoms with Gasteiger partial charge in [0.05, 0.1) is 6.04 Å². The van der Waals surface area contributed by atoms with Gasteiger partial charge >= 0.3 is 6.09 Å². The molecule has 3 amide bonds. The Labute approximate surface area is 224 Å². The van der Waals surface area contributed by atoms with Crippen LogP contribution >= 0.6 is 0 Å². The number of alkyl carbamates (subject to hydrolysis) is 1. The van der Waals surface area contributed by atoms with Gasteiger partial charge in [-0.1, -0.05) is 70.2 Å². The van der Waals surface area contributed by atoms with Crippen LogP contribution in [0.15, 0.2) is 54.6 Å². The summed E-state index contributed by atoms with van der Waals surface area (Å²) in [5.41, 5.74) is 1.48. The molecule has 0 aliphatic carbocycles. The number of benzene rings is 2. The third kappa shape index (κ3) is 11.0. The van der Waals surface area contributed by atoms with Crippen LogP contribution < -0.4 is 16.0 Å². The maximum Gasteiger partial charge on any atom is 0.408 e. The van der Waals surface area contributed by atoms with Crippen molar-refractivity contribution in [2.75, 3.05) is 0 Å². The minimum Gasteiger partial charge on any atom is -0.508 e. The number of carbonyl (C=O) groups is 4. The van der Waals surface area contributed by atoms with Gasteiger partial charge in [0.2, 0.25) is 11.8 Å². The van der Waals surface area contributed by atoms with E-state index in [2.05, 4.69) is 16.0 Å². The lowest BCUT2D eigenvalue weighted by molar-refractivity contribution is -0.131. The second-order valence-electron chi connectivity index (χ2n) is 10.2. The Morgan fingerprint density at radius 2 is 1.39 bits per heavy atom. The molecule has 0 radical (unpaired) electrons. The third-order valence-corrected chi connectivity index (χ3v) is 5.75. The van der Waals surface area contributed by atoms with Crippen LogP contribution in [0.5, 0.6) is 5.75 Å². The maximum absolute atomic E-state index is 13.4. The molecular weight excluding hydrogens is 486 g/mol. The average Bonchev–Trinajstić information content (AvgIpc) is 2.87. The molecule has 0 saturated heterocycles. The van der Waals surface area contributed by atoms with Gasteiger partial charge in [-0.05, 0) is 47.9 Å². The summed E-state index contributed by atoms with van der Waals surface area (Å²) in [6.45, 7) is 7.77. The molecule has 3 atom stereocenters. The number of hydrogen-bond acceptors (Lipinski definition) is 6. The highest BCUT2D eigenvalue weighted by atomic mass is 16.5. The highest BCUT2D eigenvalue weighted by Crippen LogP contribution is 2.13. The quantitative estimate of drug-likeness (QED) is 0.279. The smallest absolute Gasteiger partial charge is 0.408 e. The highest BCUT2D eigenvalue weighted by Gasteiger charge is 2.29. The highest BCUT2D eigenvalue weighted by molar-refractivity contribution is 5.92. The van der Waals surface area contributed by atoms with E-state index in [-0.39, 0.29) is 30.6 Å². The summed E-state index contributed by atoms with van der Waals surface area (Å²) in [5.74, 6) is -0.679. The number of nitrogens with one attached hydrogen (secondary N) is 3. The molecule has 0 spiro atoms. The van der Waals surface area contributed by atoms with Crippen molar-refractivity contribution in [3.8, 4) is 5.75 Å². The van der Waals surface area contributed by atoms with Crippen LogP contribution in [0.4, 0.5) is 4.79 Å². The Kier molecular flexibility index (Phi) is 12.3. The zero-order valence-corrected chi connectivity index (χ0v) is 22.5. The molecule has 206 valence electrons. The van der Waals surface area contributed by atoms with Crippen molar-refractivity contribution in [1.29, 1.82) is 0 Å². The number of aldehydes is 1. The molecule has 0 fully saturated rings. The summed E-state index contributed by atoms with van der Waals surface area (Å²) >= 11 is 0. The number of aromatic hydroxyl groups is 1. The van der Waals surface area contributed by atoms with E-state index in [0.717, 1.165) is 5.56 Å². The molecule has 0 aromatic heterocycles. The lowest BCUT2D eigenvalue weighted by Crippen LogP contribution is -2.56. The topological polar surface area (TPSA) is 134 Å². The molecule has 9 heteroatoms. The van der Waals surface area contributed by atoms with Gasteiger partial charge in [-0.15, -0.1) is 0 Å². The summed E-state index contributed by atoms with van der Waals surface area (Å²) in [4.78, 5) is 50.5. The van der Waals surface area contributed by atoms with Crippen LogP contribution in [0.3, 0.4) is 0 Å². The van der Waals surface area contributed by atoms with E-state index in [0.29, 0.717) is 24.7 Å². The van der Waals surface area contributed by atoms with Crippen molar-refractivity contribution in [1.82, 2.24) is 16.0 Å². The Hall–Kier alpha value is -3.88. The van der Waals surface area contributed by atoms with E-state index >= 15 is 0 Å². The van der Waals surface area contributed by atoms with Crippen LogP contribution in [-0.2, 0) is 32.1 Å². The van der Waals surface area contributed by atoms with Gasteiger partial charge in [0.15, 0.2) is 0 Å². The largest absolute Gasteiger partial charge is 0.508 e.